The van der Waals surface area contributed by atoms with Crippen molar-refractivity contribution in [1.29, 1.82) is 0 Å². The Morgan fingerprint density at radius 1 is 1.07 bits per heavy atom. The van der Waals surface area contributed by atoms with Crippen molar-refractivity contribution in [3.63, 3.8) is 0 Å². The Morgan fingerprint density at radius 3 is 2.33 bits per heavy atom. The third kappa shape index (κ3) is 3.58. The molecule has 0 aromatic heterocycles. The van der Waals surface area contributed by atoms with Crippen molar-refractivity contribution in [2.45, 2.75) is 45.1 Å². The topological polar surface area (TPSA) is 12.0 Å². The molecule has 1 aliphatic heterocycles. The number of hydrogen-bond donors (Lipinski definition) is 1. The van der Waals surface area contributed by atoms with Gasteiger partial charge in [0.15, 0.2) is 0 Å². The van der Waals surface area contributed by atoms with Crippen LogP contribution in [0.15, 0.2) is 66.9 Å². The smallest absolute Gasteiger partial charge is 0.0785 e. The first kappa shape index (κ1) is 19.4. The number of halogens is 1. The van der Waals surface area contributed by atoms with Crippen LogP contribution in [0.5, 0.6) is 0 Å². The molecular formula is C25H30FN. The highest BCUT2D eigenvalue weighted by Gasteiger charge is 2.51. The lowest BCUT2D eigenvalue weighted by Crippen LogP contribution is -2.21. The van der Waals surface area contributed by atoms with E-state index in [0.717, 1.165) is 5.92 Å². The van der Waals surface area contributed by atoms with E-state index in [4.69, 9.17) is 0 Å². The molecule has 1 N–H and O–H groups in total. The highest BCUT2D eigenvalue weighted by molar-refractivity contribution is 5.76. The molecule has 27 heavy (non-hydrogen) atoms. The van der Waals surface area contributed by atoms with Gasteiger partial charge in [-0.3, -0.25) is 4.39 Å². The van der Waals surface area contributed by atoms with Gasteiger partial charge < -0.3 is 5.32 Å². The van der Waals surface area contributed by atoms with Gasteiger partial charge >= 0.3 is 0 Å². The Bertz CT molecular complexity index is 847. The highest BCUT2D eigenvalue weighted by Crippen LogP contribution is 2.57. The minimum Gasteiger partial charge on any atom is -0.380 e. The normalized spacial score (nSPS) is 25.7. The summed E-state index contributed by atoms with van der Waals surface area (Å²) in [5.41, 5.74) is 7.25. The standard InChI is InChI=1S/C24H27N.CH3F/c1-4-24(15-18(24)3)22-12-8-7-11-21(22)23-14-13-19(16-25-23)20-10-6-5-9-17(20)2;1-2/h5-14,16,18,23,25H,4,15H2,1-3H3;1H3. The minimum absolute atomic E-state index is 0.264. The van der Waals surface area contributed by atoms with Gasteiger partial charge in [0, 0.05) is 6.20 Å². The van der Waals surface area contributed by atoms with Gasteiger partial charge in [-0.2, -0.15) is 0 Å². The van der Waals surface area contributed by atoms with Gasteiger partial charge in [0.2, 0.25) is 0 Å². The molecule has 3 atom stereocenters. The van der Waals surface area contributed by atoms with E-state index >= 15 is 0 Å². The summed E-state index contributed by atoms with van der Waals surface area (Å²) in [5, 5.41) is 3.64. The first-order valence-corrected chi connectivity index (χ1v) is 9.83. The van der Waals surface area contributed by atoms with Crippen LogP contribution in [0.1, 0.15) is 55.0 Å². The molecule has 1 nitrogen and oxygen atoms in total. The van der Waals surface area contributed by atoms with Crippen LogP contribution in [-0.4, -0.2) is 7.18 Å². The first-order chi connectivity index (χ1) is 13.2. The van der Waals surface area contributed by atoms with E-state index in [1.807, 2.05) is 0 Å². The molecule has 0 radical (unpaired) electrons. The Labute approximate surface area is 163 Å². The van der Waals surface area contributed by atoms with Crippen molar-refractivity contribution in [2.75, 3.05) is 7.18 Å². The van der Waals surface area contributed by atoms with E-state index in [1.165, 1.54) is 35.1 Å². The van der Waals surface area contributed by atoms with Gasteiger partial charge in [0.05, 0.1) is 13.2 Å². The lowest BCUT2D eigenvalue weighted by Gasteiger charge is -2.26. The maximum absolute atomic E-state index is 9.50. The monoisotopic (exact) mass is 363 g/mol. The van der Waals surface area contributed by atoms with Gasteiger partial charge in [-0.05, 0) is 58.9 Å². The fraction of sp³-hybridized carbons (Fsp3) is 0.360. The van der Waals surface area contributed by atoms with Crippen LogP contribution in [0.4, 0.5) is 4.39 Å². The molecule has 0 bridgehead atoms. The fourth-order valence-electron chi connectivity index (χ4n) is 4.51. The molecule has 1 heterocycles. The summed E-state index contributed by atoms with van der Waals surface area (Å²) in [4.78, 5) is 0. The van der Waals surface area contributed by atoms with Crippen molar-refractivity contribution in [2.24, 2.45) is 5.92 Å². The van der Waals surface area contributed by atoms with Crippen molar-refractivity contribution < 1.29 is 4.39 Å². The number of aryl methyl sites for hydroxylation is 1. The quantitative estimate of drug-likeness (QED) is 0.653. The molecule has 142 valence electrons. The van der Waals surface area contributed by atoms with E-state index in [9.17, 15) is 4.39 Å². The Hall–Kier alpha value is -2.35. The van der Waals surface area contributed by atoms with Crippen LogP contribution in [0.3, 0.4) is 0 Å². The minimum atomic E-state index is 0.264. The maximum atomic E-state index is 9.50. The molecule has 2 aliphatic rings. The predicted octanol–water partition coefficient (Wildman–Crippen LogP) is 6.51. The molecule has 1 saturated carbocycles. The summed E-state index contributed by atoms with van der Waals surface area (Å²) in [6.45, 7) is 6.89. The number of nitrogens with one attached hydrogen (secondary N) is 1. The summed E-state index contributed by atoms with van der Waals surface area (Å²) >= 11 is 0. The Kier molecular flexibility index (Phi) is 5.84. The van der Waals surface area contributed by atoms with E-state index in [-0.39, 0.29) is 6.04 Å². The average Bonchev–Trinajstić information content (AvgIpc) is 3.41. The largest absolute Gasteiger partial charge is 0.380 e. The zero-order chi connectivity index (χ0) is 19.4. The zero-order valence-electron chi connectivity index (χ0n) is 16.8. The molecule has 2 heteroatoms. The van der Waals surface area contributed by atoms with Crippen molar-refractivity contribution in [3.05, 3.63) is 89.1 Å². The van der Waals surface area contributed by atoms with Crippen molar-refractivity contribution in [3.8, 4) is 0 Å². The maximum Gasteiger partial charge on any atom is 0.0785 e. The number of alkyl halides is 1. The van der Waals surface area contributed by atoms with Crippen LogP contribution in [0.25, 0.3) is 5.57 Å². The molecule has 1 aliphatic carbocycles. The highest BCUT2D eigenvalue weighted by atomic mass is 19.1. The molecule has 0 amide bonds. The SMILES string of the molecule is CCC1(c2ccccc2C2C=CC(c3ccccc3C)=CN2)CC1C.CF. The van der Waals surface area contributed by atoms with Gasteiger partial charge in [-0.25, -0.2) is 0 Å². The molecular weight excluding hydrogens is 333 g/mol. The second-order valence-corrected chi connectivity index (χ2v) is 7.62. The lowest BCUT2D eigenvalue weighted by molar-refractivity contribution is 0.590. The third-order valence-electron chi connectivity index (χ3n) is 6.26. The van der Waals surface area contributed by atoms with Gasteiger partial charge in [0.1, 0.15) is 0 Å². The molecule has 2 aromatic carbocycles. The average molecular weight is 364 g/mol. The fourth-order valence-corrected chi connectivity index (χ4v) is 4.51. The van der Waals surface area contributed by atoms with Gasteiger partial charge in [0.25, 0.3) is 0 Å². The number of rotatable bonds is 4. The van der Waals surface area contributed by atoms with E-state index < -0.39 is 0 Å². The summed E-state index contributed by atoms with van der Waals surface area (Å²) in [6, 6.07) is 17.8. The van der Waals surface area contributed by atoms with Gasteiger partial charge in [-0.1, -0.05) is 74.5 Å². The van der Waals surface area contributed by atoms with E-state index in [1.54, 1.807) is 5.56 Å². The Morgan fingerprint density at radius 2 is 1.74 bits per heavy atom. The third-order valence-corrected chi connectivity index (χ3v) is 6.26. The molecule has 4 rings (SSSR count). The summed E-state index contributed by atoms with van der Waals surface area (Å²) < 4.78 is 9.50. The number of hydrogen-bond acceptors (Lipinski definition) is 1. The first-order valence-electron chi connectivity index (χ1n) is 9.83. The van der Waals surface area contributed by atoms with E-state index in [2.05, 4.69) is 93.0 Å². The van der Waals surface area contributed by atoms with Crippen LogP contribution in [0.2, 0.25) is 0 Å². The number of benzene rings is 2. The lowest BCUT2D eigenvalue weighted by atomic mass is 9.84. The number of dihydropyridines is 1. The second-order valence-electron chi connectivity index (χ2n) is 7.62. The van der Waals surface area contributed by atoms with Crippen LogP contribution in [0, 0.1) is 12.8 Å². The molecule has 1 fully saturated rings. The summed E-state index contributed by atoms with van der Waals surface area (Å²) in [7, 11) is 0.500. The predicted molar refractivity (Wildman–Crippen MR) is 113 cm³/mol. The van der Waals surface area contributed by atoms with Crippen molar-refractivity contribution >= 4 is 5.57 Å². The zero-order valence-corrected chi connectivity index (χ0v) is 16.8. The second kappa shape index (κ2) is 8.12. The summed E-state index contributed by atoms with van der Waals surface area (Å²) in [6.07, 6.45) is 9.32. The molecule has 0 saturated heterocycles. The molecule has 2 aromatic rings. The van der Waals surface area contributed by atoms with Crippen LogP contribution >= 0.6 is 0 Å². The molecule has 3 unspecified atom stereocenters. The van der Waals surface area contributed by atoms with E-state index in [0.29, 0.717) is 12.6 Å². The van der Waals surface area contributed by atoms with Crippen LogP contribution < -0.4 is 5.32 Å². The van der Waals surface area contributed by atoms with Crippen LogP contribution in [-0.2, 0) is 5.41 Å². The van der Waals surface area contributed by atoms with Gasteiger partial charge in [-0.15, -0.1) is 0 Å². The van der Waals surface area contributed by atoms with Crippen molar-refractivity contribution in [1.82, 2.24) is 5.32 Å². The summed E-state index contributed by atoms with van der Waals surface area (Å²) in [5.74, 6) is 0.796. The number of allylic oxidation sites excluding steroid dienone is 2. The molecule has 0 spiro atoms. The Balaban J connectivity index is 0.00000102.